The quantitative estimate of drug-likeness (QED) is 0.234. The van der Waals surface area contributed by atoms with Crippen molar-refractivity contribution in [3.05, 3.63) is 123 Å². The van der Waals surface area contributed by atoms with E-state index in [2.05, 4.69) is 92.2 Å². The summed E-state index contributed by atoms with van der Waals surface area (Å²) in [6.45, 7) is 7.02. The minimum atomic E-state index is -0.216. The van der Waals surface area contributed by atoms with E-state index < -0.39 is 0 Å². The molecule has 0 bridgehead atoms. The molecule has 182 valence electrons. The normalized spacial score (nSPS) is 13.6. The number of nitrogens with zero attached hydrogens (tertiary/aromatic N) is 3. The molecule has 0 fully saturated rings. The summed E-state index contributed by atoms with van der Waals surface area (Å²) >= 11 is 3.49. The van der Waals surface area contributed by atoms with Gasteiger partial charge < -0.3 is 4.57 Å². The molecule has 1 aliphatic rings. The fraction of sp³-hybridized carbons (Fsp3) is 0.200. The summed E-state index contributed by atoms with van der Waals surface area (Å²) in [6, 6.07) is 26.7. The smallest absolute Gasteiger partial charge is 0.271 e. The molecule has 1 aliphatic heterocycles. The highest BCUT2D eigenvalue weighted by Gasteiger charge is 2.16. The molecule has 36 heavy (non-hydrogen) atoms. The summed E-state index contributed by atoms with van der Waals surface area (Å²) in [6.07, 6.45) is 2.79. The first-order valence-electron chi connectivity index (χ1n) is 12.1. The second kappa shape index (κ2) is 10.6. The Morgan fingerprint density at radius 2 is 1.72 bits per heavy atom. The number of benzene rings is 3. The predicted molar refractivity (Wildman–Crippen MR) is 149 cm³/mol. The molecular formula is C30H29BrN4O. The van der Waals surface area contributed by atoms with Crippen LogP contribution in [0.5, 0.6) is 0 Å². The SMILES string of the molecule is Cc1cc(/C=N\NC(=O)c2ccc(CN3CCc4ccccc4C3)cc2)c(C)n1-c1ccc(Br)cc1. The van der Waals surface area contributed by atoms with Crippen LogP contribution in [0.15, 0.2) is 88.4 Å². The van der Waals surface area contributed by atoms with Crippen molar-refractivity contribution in [3.8, 4) is 5.69 Å². The van der Waals surface area contributed by atoms with Gasteiger partial charge in [-0.05, 0) is 79.4 Å². The Morgan fingerprint density at radius 1 is 1.00 bits per heavy atom. The molecule has 5 rings (SSSR count). The van der Waals surface area contributed by atoms with Gasteiger partial charge in [-0.3, -0.25) is 9.69 Å². The van der Waals surface area contributed by atoms with Gasteiger partial charge in [0, 0.05) is 52.3 Å². The molecule has 6 heteroatoms. The van der Waals surface area contributed by atoms with Gasteiger partial charge in [-0.25, -0.2) is 5.43 Å². The van der Waals surface area contributed by atoms with Gasteiger partial charge in [-0.2, -0.15) is 5.10 Å². The van der Waals surface area contributed by atoms with Crippen molar-refractivity contribution < 1.29 is 4.79 Å². The Bertz CT molecular complexity index is 1400. The number of rotatable bonds is 6. The van der Waals surface area contributed by atoms with Crippen LogP contribution in [0.4, 0.5) is 0 Å². The number of nitrogens with one attached hydrogen (secondary N) is 1. The van der Waals surface area contributed by atoms with Crippen LogP contribution in [0.1, 0.15) is 44.0 Å². The van der Waals surface area contributed by atoms with E-state index in [1.54, 1.807) is 6.21 Å². The van der Waals surface area contributed by atoms with E-state index in [4.69, 9.17) is 0 Å². The van der Waals surface area contributed by atoms with Crippen LogP contribution in [0.25, 0.3) is 5.69 Å². The zero-order chi connectivity index (χ0) is 25.1. The summed E-state index contributed by atoms with van der Waals surface area (Å²) in [7, 11) is 0. The molecule has 0 saturated carbocycles. The molecule has 0 saturated heterocycles. The van der Waals surface area contributed by atoms with Gasteiger partial charge in [0.25, 0.3) is 5.91 Å². The lowest BCUT2D eigenvalue weighted by Gasteiger charge is -2.28. The Kier molecular flexibility index (Phi) is 7.16. The minimum absolute atomic E-state index is 0.216. The monoisotopic (exact) mass is 540 g/mol. The van der Waals surface area contributed by atoms with Crippen LogP contribution < -0.4 is 5.43 Å². The van der Waals surface area contributed by atoms with Gasteiger partial charge >= 0.3 is 0 Å². The van der Waals surface area contributed by atoms with Crippen molar-refractivity contribution in [2.75, 3.05) is 6.54 Å². The van der Waals surface area contributed by atoms with Gasteiger partial charge in [0.2, 0.25) is 0 Å². The summed E-state index contributed by atoms with van der Waals surface area (Å²) in [4.78, 5) is 15.1. The van der Waals surface area contributed by atoms with Crippen molar-refractivity contribution in [2.24, 2.45) is 5.10 Å². The zero-order valence-electron chi connectivity index (χ0n) is 20.5. The molecule has 0 spiro atoms. The molecule has 3 aromatic carbocycles. The number of fused-ring (bicyclic) bond motifs is 1. The second-order valence-electron chi connectivity index (χ2n) is 9.26. The van der Waals surface area contributed by atoms with Crippen LogP contribution in [0.2, 0.25) is 0 Å². The Hall–Kier alpha value is -3.48. The summed E-state index contributed by atoms with van der Waals surface area (Å²) < 4.78 is 3.22. The number of amides is 1. The molecule has 2 heterocycles. The Labute approximate surface area is 220 Å². The number of halogens is 1. The van der Waals surface area contributed by atoms with E-state index in [-0.39, 0.29) is 5.91 Å². The third-order valence-corrected chi connectivity index (χ3v) is 7.29. The highest BCUT2D eigenvalue weighted by Crippen LogP contribution is 2.22. The van der Waals surface area contributed by atoms with Crippen LogP contribution in [-0.4, -0.2) is 28.1 Å². The number of aryl methyl sites for hydroxylation is 1. The van der Waals surface area contributed by atoms with E-state index in [1.807, 2.05) is 36.4 Å². The zero-order valence-corrected chi connectivity index (χ0v) is 22.1. The average molecular weight is 541 g/mol. The van der Waals surface area contributed by atoms with Crippen molar-refractivity contribution in [1.82, 2.24) is 14.9 Å². The fourth-order valence-corrected chi connectivity index (χ4v) is 5.10. The highest BCUT2D eigenvalue weighted by atomic mass is 79.9. The predicted octanol–water partition coefficient (Wildman–Crippen LogP) is 6.18. The first-order valence-corrected chi connectivity index (χ1v) is 12.9. The lowest BCUT2D eigenvalue weighted by Crippen LogP contribution is -2.30. The van der Waals surface area contributed by atoms with Gasteiger partial charge in [0.05, 0.1) is 6.21 Å². The summed E-state index contributed by atoms with van der Waals surface area (Å²) in [5, 5.41) is 4.22. The molecule has 4 aromatic rings. The van der Waals surface area contributed by atoms with E-state index in [0.29, 0.717) is 5.56 Å². The first kappa shape index (κ1) is 24.2. The van der Waals surface area contributed by atoms with E-state index in [9.17, 15) is 4.79 Å². The molecule has 5 nitrogen and oxygen atoms in total. The minimum Gasteiger partial charge on any atom is -0.318 e. The lowest BCUT2D eigenvalue weighted by molar-refractivity contribution is 0.0955. The number of hydrogen-bond acceptors (Lipinski definition) is 3. The topological polar surface area (TPSA) is 49.6 Å². The first-order chi connectivity index (χ1) is 17.5. The fourth-order valence-electron chi connectivity index (χ4n) is 4.84. The van der Waals surface area contributed by atoms with E-state index in [1.165, 1.54) is 16.7 Å². The molecule has 0 aliphatic carbocycles. The maximum absolute atomic E-state index is 12.6. The molecule has 0 atom stereocenters. The molecular weight excluding hydrogens is 512 g/mol. The molecule has 0 unspecified atom stereocenters. The van der Waals surface area contributed by atoms with Gasteiger partial charge in [-0.15, -0.1) is 0 Å². The van der Waals surface area contributed by atoms with E-state index in [0.717, 1.165) is 53.2 Å². The van der Waals surface area contributed by atoms with Crippen LogP contribution in [-0.2, 0) is 19.5 Å². The number of carbonyl (C=O) groups excluding carboxylic acids is 1. The molecule has 0 radical (unpaired) electrons. The van der Waals surface area contributed by atoms with Crippen molar-refractivity contribution in [2.45, 2.75) is 33.4 Å². The second-order valence-corrected chi connectivity index (χ2v) is 10.2. The van der Waals surface area contributed by atoms with Crippen LogP contribution in [0.3, 0.4) is 0 Å². The van der Waals surface area contributed by atoms with Crippen LogP contribution in [0, 0.1) is 13.8 Å². The number of hydrogen-bond donors (Lipinski definition) is 1. The maximum Gasteiger partial charge on any atom is 0.271 e. The summed E-state index contributed by atoms with van der Waals surface area (Å²) in [5.74, 6) is -0.216. The van der Waals surface area contributed by atoms with Gasteiger partial charge in [-0.1, -0.05) is 52.3 Å². The van der Waals surface area contributed by atoms with Gasteiger partial charge in [0.15, 0.2) is 0 Å². The number of carbonyl (C=O) groups is 1. The lowest BCUT2D eigenvalue weighted by atomic mass is 9.99. The maximum atomic E-state index is 12.6. The van der Waals surface area contributed by atoms with Crippen LogP contribution >= 0.6 is 15.9 Å². The Balaban J connectivity index is 1.19. The number of aromatic nitrogens is 1. The third kappa shape index (κ3) is 5.35. The average Bonchev–Trinajstić information content (AvgIpc) is 3.17. The molecule has 1 N–H and O–H groups in total. The number of hydrazone groups is 1. The highest BCUT2D eigenvalue weighted by molar-refractivity contribution is 9.10. The Morgan fingerprint density at radius 3 is 2.47 bits per heavy atom. The summed E-state index contributed by atoms with van der Waals surface area (Å²) in [5.41, 5.74) is 11.6. The molecule has 1 amide bonds. The standard InChI is InChI=1S/C30H29BrN4O/c1-21-17-27(22(2)35(21)29-13-11-28(31)12-14-29)18-32-33-30(36)25-9-7-23(8-10-25)19-34-16-15-24-5-3-4-6-26(24)20-34/h3-14,17-18H,15-16,19-20H2,1-2H3,(H,33,36)/b32-18-. The van der Waals surface area contributed by atoms with Gasteiger partial charge in [0.1, 0.15) is 0 Å². The van der Waals surface area contributed by atoms with Crippen molar-refractivity contribution in [1.29, 1.82) is 0 Å². The molecule has 1 aromatic heterocycles. The third-order valence-electron chi connectivity index (χ3n) is 6.76. The van der Waals surface area contributed by atoms with Crippen molar-refractivity contribution >= 4 is 28.1 Å². The largest absolute Gasteiger partial charge is 0.318 e. The van der Waals surface area contributed by atoms with E-state index >= 15 is 0 Å². The van der Waals surface area contributed by atoms with Crippen molar-refractivity contribution in [3.63, 3.8) is 0 Å².